The minimum Gasteiger partial charge on any atom is -0.497 e. The first-order valence-corrected chi connectivity index (χ1v) is 14.6. The maximum absolute atomic E-state index is 13.6. The predicted molar refractivity (Wildman–Crippen MR) is 165 cm³/mol. The van der Waals surface area contributed by atoms with Crippen molar-refractivity contribution in [1.82, 2.24) is 9.97 Å². The highest BCUT2D eigenvalue weighted by molar-refractivity contribution is 7.92. The van der Waals surface area contributed by atoms with E-state index >= 15 is 0 Å². The van der Waals surface area contributed by atoms with Gasteiger partial charge in [-0.3, -0.25) is 9.52 Å². The van der Waals surface area contributed by atoms with E-state index in [1.54, 1.807) is 73.8 Å². The van der Waals surface area contributed by atoms with Crippen LogP contribution in [-0.4, -0.2) is 45.6 Å². The van der Waals surface area contributed by atoms with E-state index in [1.165, 1.54) is 26.4 Å². The molecule has 1 amide bonds. The Labute approximate surface area is 248 Å². The van der Waals surface area contributed by atoms with Gasteiger partial charge in [0.25, 0.3) is 10.0 Å². The van der Waals surface area contributed by atoms with Crippen LogP contribution < -0.4 is 29.6 Å². The fourth-order valence-corrected chi connectivity index (χ4v) is 5.33. The lowest BCUT2D eigenvalue weighted by atomic mass is 10.1. The Bertz CT molecular complexity index is 1880. The van der Waals surface area contributed by atoms with Gasteiger partial charge in [0.05, 0.1) is 43.7 Å². The Morgan fingerprint density at radius 1 is 0.698 bits per heavy atom. The Morgan fingerprint density at radius 2 is 1.35 bits per heavy atom. The second-order valence-electron chi connectivity index (χ2n) is 9.35. The third kappa shape index (κ3) is 7.11. The van der Waals surface area contributed by atoms with Gasteiger partial charge < -0.3 is 24.8 Å². The number of sulfonamides is 1. The van der Waals surface area contributed by atoms with Gasteiger partial charge in [0, 0.05) is 29.6 Å². The SMILES string of the molecule is COc1cccc(CC(=O)Nc2cccc(S(=O)(=O)Nc3nc4ccccc4nc3Nc3cc(OC)cc(OC)c3)c2)c1. The molecule has 5 rings (SSSR count). The van der Waals surface area contributed by atoms with Gasteiger partial charge >= 0.3 is 0 Å². The Hall–Kier alpha value is -5.36. The minimum atomic E-state index is -4.16. The van der Waals surface area contributed by atoms with Gasteiger partial charge in [-0.15, -0.1) is 0 Å². The lowest BCUT2D eigenvalue weighted by molar-refractivity contribution is -0.115. The maximum Gasteiger partial charge on any atom is 0.263 e. The highest BCUT2D eigenvalue weighted by Gasteiger charge is 2.20. The Balaban J connectivity index is 1.41. The number of methoxy groups -OCH3 is 3. The number of rotatable bonds is 11. The molecule has 0 radical (unpaired) electrons. The number of fused-ring (bicyclic) bond motifs is 1. The normalized spacial score (nSPS) is 11.0. The summed E-state index contributed by atoms with van der Waals surface area (Å²) in [4.78, 5) is 21.8. The molecule has 0 fully saturated rings. The average molecular weight is 600 g/mol. The fourth-order valence-electron chi connectivity index (χ4n) is 4.27. The summed E-state index contributed by atoms with van der Waals surface area (Å²) >= 11 is 0. The molecule has 0 saturated carbocycles. The molecule has 3 N–H and O–H groups in total. The molecule has 12 heteroatoms. The average Bonchev–Trinajstić information content (AvgIpc) is 3.01. The molecular weight excluding hydrogens is 570 g/mol. The van der Waals surface area contributed by atoms with E-state index in [4.69, 9.17) is 14.2 Å². The summed E-state index contributed by atoms with van der Waals surface area (Å²) in [5, 5.41) is 5.89. The second kappa shape index (κ2) is 12.7. The van der Waals surface area contributed by atoms with Gasteiger partial charge in [0.2, 0.25) is 5.91 Å². The first-order valence-electron chi connectivity index (χ1n) is 13.1. The number of nitrogens with zero attached hydrogens (tertiary/aromatic N) is 2. The highest BCUT2D eigenvalue weighted by Crippen LogP contribution is 2.31. The molecule has 220 valence electrons. The standard InChI is InChI=1S/C31H29N5O6S/c1-40-23-10-6-8-20(14-23)15-29(37)32-21-9-7-11-26(18-21)43(38,39)36-31-30(34-27-12-4-5-13-28(27)35-31)33-22-16-24(41-2)19-25(17-22)42-3/h4-14,16-19H,15H2,1-3H3,(H,32,37)(H,33,34)(H,35,36). The molecule has 4 aromatic carbocycles. The van der Waals surface area contributed by atoms with E-state index in [-0.39, 0.29) is 28.9 Å². The molecule has 0 aliphatic carbocycles. The molecule has 0 aliphatic heterocycles. The first-order chi connectivity index (χ1) is 20.8. The zero-order valence-electron chi connectivity index (χ0n) is 23.6. The summed E-state index contributed by atoms with van der Waals surface area (Å²) in [6.07, 6.45) is 0.0865. The van der Waals surface area contributed by atoms with Crippen molar-refractivity contribution in [1.29, 1.82) is 0 Å². The number of carbonyl (C=O) groups is 1. The van der Waals surface area contributed by atoms with E-state index in [0.29, 0.717) is 39.7 Å². The van der Waals surface area contributed by atoms with Crippen molar-refractivity contribution in [2.75, 3.05) is 36.7 Å². The van der Waals surface area contributed by atoms with E-state index in [9.17, 15) is 13.2 Å². The molecule has 0 atom stereocenters. The topological polar surface area (TPSA) is 141 Å². The molecule has 0 saturated heterocycles. The van der Waals surface area contributed by atoms with Crippen molar-refractivity contribution >= 4 is 50.0 Å². The van der Waals surface area contributed by atoms with Crippen LogP contribution in [-0.2, 0) is 21.2 Å². The van der Waals surface area contributed by atoms with Crippen LogP contribution in [0.1, 0.15) is 5.56 Å². The number of hydrogen-bond acceptors (Lipinski definition) is 9. The lowest BCUT2D eigenvalue weighted by Gasteiger charge is -2.15. The zero-order valence-corrected chi connectivity index (χ0v) is 24.4. The van der Waals surface area contributed by atoms with E-state index < -0.39 is 10.0 Å². The Kier molecular flexibility index (Phi) is 8.58. The van der Waals surface area contributed by atoms with Crippen molar-refractivity contribution < 1.29 is 27.4 Å². The number of nitrogens with one attached hydrogen (secondary N) is 3. The predicted octanol–water partition coefficient (Wildman–Crippen LogP) is 5.38. The smallest absolute Gasteiger partial charge is 0.263 e. The van der Waals surface area contributed by atoms with Crippen molar-refractivity contribution in [2.24, 2.45) is 0 Å². The lowest BCUT2D eigenvalue weighted by Crippen LogP contribution is -2.17. The minimum absolute atomic E-state index is 0.0204. The van der Waals surface area contributed by atoms with Crippen LogP contribution in [0.4, 0.5) is 23.0 Å². The van der Waals surface area contributed by atoms with Gasteiger partial charge in [-0.1, -0.05) is 30.3 Å². The van der Waals surface area contributed by atoms with Gasteiger partial charge in [0.15, 0.2) is 11.6 Å². The van der Waals surface area contributed by atoms with Gasteiger partial charge in [-0.05, 0) is 48.0 Å². The number of benzene rings is 4. The summed E-state index contributed by atoms with van der Waals surface area (Å²) < 4.78 is 45.6. The molecule has 0 spiro atoms. The molecule has 5 aromatic rings. The second-order valence-corrected chi connectivity index (χ2v) is 11.0. The van der Waals surface area contributed by atoms with E-state index in [2.05, 4.69) is 25.3 Å². The number of ether oxygens (including phenoxy) is 3. The Morgan fingerprint density at radius 3 is 2.02 bits per heavy atom. The van der Waals surface area contributed by atoms with Crippen LogP contribution in [0.25, 0.3) is 11.0 Å². The van der Waals surface area contributed by atoms with Crippen molar-refractivity contribution in [3.8, 4) is 17.2 Å². The van der Waals surface area contributed by atoms with E-state index in [0.717, 1.165) is 5.56 Å². The first kappa shape index (κ1) is 29.1. The summed E-state index contributed by atoms with van der Waals surface area (Å²) in [7, 11) is 0.457. The molecule has 1 heterocycles. The van der Waals surface area contributed by atoms with Gasteiger partial charge in [-0.25, -0.2) is 18.4 Å². The number of anilines is 4. The molecule has 0 unspecified atom stereocenters. The number of para-hydroxylation sites is 2. The van der Waals surface area contributed by atoms with Crippen LogP contribution in [0.5, 0.6) is 17.2 Å². The molecule has 11 nitrogen and oxygen atoms in total. The molecule has 1 aromatic heterocycles. The number of aromatic nitrogens is 2. The van der Waals surface area contributed by atoms with E-state index in [1.807, 2.05) is 12.1 Å². The van der Waals surface area contributed by atoms with Crippen LogP contribution in [0, 0.1) is 0 Å². The van der Waals surface area contributed by atoms with Crippen molar-refractivity contribution in [2.45, 2.75) is 11.3 Å². The monoisotopic (exact) mass is 599 g/mol. The third-order valence-corrected chi connectivity index (χ3v) is 7.68. The maximum atomic E-state index is 13.6. The molecule has 43 heavy (non-hydrogen) atoms. The van der Waals surface area contributed by atoms with Crippen LogP contribution in [0.2, 0.25) is 0 Å². The van der Waals surface area contributed by atoms with Gasteiger partial charge in [0.1, 0.15) is 17.2 Å². The van der Waals surface area contributed by atoms with Crippen molar-refractivity contribution in [3.05, 3.63) is 96.6 Å². The van der Waals surface area contributed by atoms with Crippen molar-refractivity contribution in [3.63, 3.8) is 0 Å². The number of amides is 1. The van der Waals surface area contributed by atoms with Crippen LogP contribution in [0.3, 0.4) is 0 Å². The van der Waals surface area contributed by atoms with Crippen LogP contribution >= 0.6 is 0 Å². The fraction of sp³-hybridized carbons (Fsp3) is 0.129. The number of hydrogen-bond donors (Lipinski definition) is 3. The zero-order chi connectivity index (χ0) is 30.4. The summed E-state index contributed by atoms with van der Waals surface area (Å²) in [5.74, 6) is 1.54. The third-order valence-electron chi connectivity index (χ3n) is 6.34. The summed E-state index contributed by atoms with van der Waals surface area (Å²) in [5.41, 5.74) is 2.67. The number of carbonyl (C=O) groups excluding carboxylic acids is 1. The summed E-state index contributed by atoms with van der Waals surface area (Å²) in [6.45, 7) is 0. The molecule has 0 aliphatic rings. The largest absolute Gasteiger partial charge is 0.497 e. The molecule has 0 bridgehead atoms. The highest BCUT2D eigenvalue weighted by atomic mass is 32.2. The van der Waals surface area contributed by atoms with Gasteiger partial charge in [-0.2, -0.15) is 0 Å². The van der Waals surface area contributed by atoms with Crippen LogP contribution in [0.15, 0.2) is 95.9 Å². The summed E-state index contributed by atoms with van der Waals surface area (Å²) in [6, 6.07) is 25.4. The molecular formula is C31H29N5O6S. The quantitative estimate of drug-likeness (QED) is 0.182.